The van der Waals surface area contributed by atoms with Crippen molar-refractivity contribution in [1.29, 1.82) is 0 Å². The molecule has 0 heteroatoms. The molecule has 0 heterocycles. The van der Waals surface area contributed by atoms with E-state index in [0.29, 0.717) is 0 Å². The van der Waals surface area contributed by atoms with Crippen LogP contribution in [0.1, 0.15) is 65.7 Å². The van der Waals surface area contributed by atoms with Crippen LogP contribution in [0, 0.1) is 17.8 Å². The topological polar surface area (TPSA) is 0 Å². The number of hydrogen-bond acceptors (Lipinski definition) is 0. The van der Waals surface area contributed by atoms with Gasteiger partial charge in [0, 0.05) is 0 Å². The van der Waals surface area contributed by atoms with Crippen LogP contribution < -0.4 is 0 Å². The summed E-state index contributed by atoms with van der Waals surface area (Å²) in [5, 5.41) is 0. The van der Waals surface area contributed by atoms with E-state index >= 15 is 0 Å². The lowest BCUT2D eigenvalue weighted by molar-refractivity contribution is 0.149. The van der Waals surface area contributed by atoms with Crippen molar-refractivity contribution in [2.24, 2.45) is 17.8 Å². The van der Waals surface area contributed by atoms with Crippen molar-refractivity contribution in [2.45, 2.75) is 65.7 Å². The third kappa shape index (κ3) is 3.32. The molecule has 2 atom stereocenters. The van der Waals surface area contributed by atoms with Gasteiger partial charge in [-0.2, -0.15) is 0 Å². The molecule has 1 aliphatic carbocycles. The van der Waals surface area contributed by atoms with Gasteiger partial charge in [-0.1, -0.05) is 52.9 Å². The fourth-order valence-electron chi connectivity index (χ4n) is 2.71. The lowest BCUT2D eigenvalue weighted by atomic mass is 9.69. The molecule has 0 saturated heterocycles. The molecule has 0 N–H and O–H groups in total. The van der Waals surface area contributed by atoms with Gasteiger partial charge in [0.25, 0.3) is 0 Å². The summed E-state index contributed by atoms with van der Waals surface area (Å²) >= 11 is 0. The van der Waals surface area contributed by atoms with E-state index in [2.05, 4.69) is 20.8 Å². The summed E-state index contributed by atoms with van der Waals surface area (Å²) in [5.41, 5.74) is 0. The zero-order valence-corrected chi connectivity index (χ0v) is 9.68. The maximum Gasteiger partial charge on any atom is -0.0386 e. The van der Waals surface area contributed by atoms with Gasteiger partial charge < -0.3 is 0 Å². The van der Waals surface area contributed by atoms with E-state index in [1.54, 1.807) is 0 Å². The summed E-state index contributed by atoms with van der Waals surface area (Å²) < 4.78 is 0. The fraction of sp³-hybridized carbons (Fsp3) is 1.00. The van der Waals surface area contributed by atoms with Crippen molar-refractivity contribution >= 4 is 0 Å². The summed E-state index contributed by atoms with van der Waals surface area (Å²) in [6.07, 6.45) is 10.2. The molecule has 1 rings (SSSR count). The summed E-state index contributed by atoms with van der Waals surface area (Å²) in [6, 6.07) is 0. The van der Waals surface area contributed by atoms with Crippen LogP contribution in [-0.4, -0.2) is 0 Å². The first kappa shape index (κ1) is 11.1. The van der Waals surface area contributed by atoms with E-state index in [-0.39, 0.29) is 0 Å². The molecule has 78 valence electrons. The SMILES string of the molecule is CCCC(CCC)CC1CCC1C. The van der Waals surface area contributed by atoms with E-state index in [4.69, 9.17) is 0 Å². The summed E-state index contributed by atoms with van der Waals surface area (Å²) in [5.74, 6) is 3.17. The van der Waals surface area contributed by atoms with Gasteiger partial charge in [0.1, 0.15) is 0 Å². The largest absolute Gasteiger partial charge is 0.0654 e. The monoisotopic (exact) mass is 182 g/mol. The zero-order chi connectivity index (χ0) is 9.68. The molecule has 0 radical (unpaired) electrons. The second kappa shape index (κ2) is 5.67. The van der Waals surface area contributed by atoms with Gasteiger partial charge in [-0.25, -0.2) is 0 Å². The normalized spacial score (nSPS) is 27.7. The standard InChI is InChI=1S/C13H26/c1-4-6-12(7-5-2)10-13-9-8-11(13)3/h11-13H,4-10H2,1-3H3. The maximum absolute atomic E-state index is 2.43. The Morgan fingerprint density at radius 2 is 1.69 bits per heavy atom. The predicted octanol–water partition coefficient (Wildman–Crippen LogP) is 4.64. The summed E-state index contributed by atoms with van der Waals surface area (Å²) in [6.45, 7) is 7.09. The number of rotatable bonds is 6. The van der Waals surface area contributed by atoms with Crippen molar-refractivity contribution < 1.29 is 0 Å². The van der Waals surface area contributed by atoms with Crippen LogP contribution in [0.25, 0.3) is 0 Å². The van der Waals surface area contributed by atoms with Crippen molar-refractivity contribution in [3.63, 3.8) is 0 Å². The Kier molecular flexibility index (Phi) is 4.83. The highest BCUT2D eigenvalue weighted by Gasteiger charge is 2.28. The smallest absolute Gasteiger partial charge is 0.0386 e. The van der Waals surface area contributed by atoms with Crippen LogP contribution in [0.15, 0.2) is 0 Å². The zero-order valence-electron chi connectivity index (χ0n) is 9.68. The average Bonchev–Trinajstić information content (AvgIpc) is 2.12. The van der Waals surface area contributed by atoms with Crippen LogP contribution in [0.3, 0.4) is 0 Å². The first-order valence-electron chi connectivity index (χ1n) is 6.27. The molecule has 0 amide bonds. The minimum absolute atomic E-state index is 1.04. The first-order valence-corrected chi connectivity index (χ1v) is 6.27. The maximum atomic E-state index is 2.43. The molecule has 0 aromatic heterocycles. The van der Waals surface area contributed by atoms with Crippen LogP contribution in [0.5, 0.6) is 0 Å². The van der Waals surface area contributed by atoms with Crippen molar-refractivity contribution in [2.75, 3.05) is 0 Å². The van der Waals surface area contributed by atoms with E-state index in [1.165, 1.54) is 44.9 Å². The van der Waals surface area contributed by atoms with Crippen LogP contribution >= 0.6 is 0 Å². The molecule has 0 bridgehead atoms. The highest BCUT2D eigenvalue weighted by atomic mass is 14.3. The molecule has 1 saturated carbocycles. The second-order valence-electron chi connectivity index (χ2n) is 4.99. The Hall–Kier alpha value is 0. The Bertz CT molecular complexity index is 122. The van der Waals surface area contributed by atoms with E-state index < -0.39 is 0 Å². The molecule has 0 spiro atoms. The van der Waals surface area contributed by atoms with Gasteiger partial charge in [-0.05, 0) is 30.6 Å². The summed E-state index contributed by atoms with van der Waals surface area (Å²) in [4.78, 5) is 0. The fourth-order valence-corrected chi connectivity index (χ4v) is 2.71. The van der Waals surface area contributed by atoms with Gasteiger partial charge in [0.2, 0.25) is 0 Å². The predicted molar refractivity (Wildman–Crippen MR) is 59.8 cm³/mol. The molecule has 0 nitrogen and oxygen atoms in total. The van der Waals surface area contributed by atoms with Crippen LogP contribution in [-0.2, 0) is 0 Å². The van der Waals surface area contributed by atoms with E-state index in [0.717, 1.165) is 17.8 Å². The molecule has 0 aromatic carbocycles. The minimum Gasteiger partial charge on any atom is -0.0654 e. The molecule has 2 unspecified atom stereocenters. The van der Waals surface area contributed by atoms with Gasteiger partial charge >= 0.3 is 0 Å². The van der Waals surface area contributed by atoms with Crippen LogP contribution in [0.2, 0.25) is 0 Å². The number of hydrogen-bond donors (Lipinski definition) is 0. The Morgan fingerprint density at radius 1 is 1.08 bits per heavy atom. The highest BCUT2D eigenvalue weighted by molar-refractivity contribution is 4.79. The quantitative estimate of drug-likeness (QED) is 0.561. The molecule has 0 aliphatic heterocycles. The van der Waals surface area contributed by atoms with Crippen molar-refractivity contribution in [3.05, 3.63) is 0 Å². The second-order valence-corrected chi connectivity index (χ2v) is 4.99. The van der Waals surface area contributed by atoms with Crippen molar-refractivity contribution in [1.82, 2.24) is 0 Å². The third-order valence-electron chi connectivity index (χ3n) is 3.83. The molecule has 0 aromatic rings. The average molecular weight is 182 g/mol. The Balaban J connectivity index is 2.20. The third-order valence-corrected chi connectivity index (χ3v) is 3.83. The van der Waals surface area contributed by atoms with Gasteiger partial charge in [0.05, 0.1) is 0 Å². The first-order chi connectivity index (χ1) is 6.27. The van der Waals surface area contributed by atoms with E-state index in [9.17, 15) is 0 Å². The van der Waals surface area contributed by atoms with Gasteiger partial charge in [-0.15, -0.1) is 0 Å². The molecular formula is C13H26. The van der Waals surface area contributed by atoms with E-state index in [1.807, 2.05) is 0 Å². The Morgan fingerprint density at radius 3 is 2.00 bits per heavy atom. The lowest BCUT2D eigenvalue weighted by Gasteiger charge is -2.36. The van der Waals surface area contributed by atoms with Crippen molar-refractivity contribution in [3.8, 4) is 0 Å². The van der Waals surface area contributed by atoms with Crippen LogP contribution in [0.4, 0.5) is 0 Å². The lowest BCUT2D eigenvalue weighted by Crippen LogP contribution is -2.25. The molecule has 13 heavy (non-hydrogen) atoms. The summed E-state index contributed by atoms with van der Waals surface area (Å²) in [7, 11) is 0. The highest BCUT2D eigenvalue weighted by Crippen LogP contribution is 2.39. The Labute approximate surface area is 84.1 Å². The molecular weight excluding hydrogens is 156 g/mol. The van der Waals surface area contributed by atoms with Gasteiger partial charge in [0.15, 0.2) is 0 Å². The molecule has 1 fully saturated rings. The minimum atomic E-state index is 1.04. The van der Waals surface area contributed by atoms with Gasteiger partial charge in [-0.3, -0.25) is 0 Å². The molecule has 1 aliphatic rings.